The summed E-state index contributed by atoms with van der Waals surface area (Å²) >= 11 is 0. The third kappa shape index (κ3) is 5.90. The Morgan fingerprint density at radius 3 is 2.82 bits per heavy atom. The zero-order valence-corrected chi connectivity index (χ0v) is 15.7. The molecule has 0 saturated heterocycles. The molecular formula is C21H23NO6. The molecule has 0 spiro atoms. The average molecular weight is 385 g/mol. The van der Waals surface area contributed by atoms with E-state index >= 15 is 0 Å². The molecule has 1 heterocycles. The summed E-state index contributed by atoms with van der Waals surface area (Å²) < 4.78 is 21.1. The lowest BCUT2D eigenvalue weighted by Crippen LogP contribution is -2.28. The van der Waals surface area contributed by atoms with Crippen LogP contribution in [0.15, 0.2) is 42.5 Å². The van der Waals surface area contributed by atoms with Crippen LogP contribution < -0.4 is 19.5 Å². The Hall–Kier alpha value is -3.22. The van der Waals surface area contributed by atoms with E-state index < -0.39 is 5.97 Å². The molecule has 0 unspecified atom stereocenters. The smallest absolute Gasteiger partial charge is 0.306 e. The van der Waals surface area contributed by atoms with Gasteiger partial charge in [0.1, 0.15) is 5.75 Å². The Labute approximate surface area is 163 Å². The standard InChI is InChI=1S/C21H23NO6/c1-15-4-2-5-17(10-15)25-9-3-6-21(24)26-13-20(23)22-12-16-7-8-18-19(11-16)28-14-27-18/h2,4-5,7-8,10-11H,3,6,9,12-14H2,1H3,(H,22,23). The quantitative estimate of drug-likeness (QED) is 0.528. The molecule has 148 valence electrons. The molecule has 2 aromatic carbocycles. The molecule has 7 heteroatoms. The van der Waals surface area contributed by atoms with Gasteiger partial charge in [0.05, 0.1) is 6.61 Å². The molecule has 0 radical (unpaired) electrons. The Morgan fingerprint density at radius 1 is 1.11 bits per heavy atom. The number of ether oxygens (including phenoxy) is 4. The lowest BCUT2D eigenvalue weighted by Gasteiger charge is -2.08. The third-order valence-corrected chi connectivity index (χ3v) is 4.07. The number of nitrogens with one attached hydrogen (secondary N) is 1. The van der Waals surface area contributed by atoms with E-state index in [9.17, 15) is 9.59 Å². The van der Waals surface area contributed by atoms with Crippen LogP contribution in [-0.2, 0) is 20.9 Å². The fraction of sp³-hybridized carbons (Fsp3) is 0.333. The van der Waals surface area contributed by atoms with Crippen LogP contribution in [0.3, 0.4) is 0 Å². The van der Waals surface area contributed by atoms with Gasteiger partial charge in [-0.2, -0.15) is 0 Å². The lowest BCUT2D eigenvalue weighted by atomic mass is 10.2. The van der Waals surface area contributed by atoms with Gasteiger partial charge in [-0.15, -0.1) is 0 Å². The van der Waals surface area contributed by atoms with Crippen molar-refractivity contribution in [3.8, 4) is 17.2 Å². The van der Waals surface area contributed by atoms with Crippen LogP contribution in [0.5, 0.6) is 17.2 Å². The second-order valence-corrected chi connectivity index (χ2v) is 6.39. The van der Waals surface area contributed by atoms with Crippen molar-refractivity contribution in [2.45, 2.75) is 26.3 Å². The molecule has 3 rings (SSSR count). The first-order chi connectivity index (χ1) is 13.6. The van der Waals surface area contributed by atoms with E-state index in [1.165, 1.54) is 0 Å². The first-order valence-corrected chi connectivity index (χ1v) is 9.10. The average Bonchev–Trinajstić information content (AvgIpc) is 3.16. The summed E-state index contributed by atoms with van der Waals surface area (Å²) in [4.78, 5) is 23.6. The number of amides is 1. The maximum Gasteiger partial charge on any atom is 0.306 e. The highest BCUT2D eigenvalue weighted by Gasteiger charge is 2.13. The van der Waals surface area contributed by atoms with Crippen LogP contribution in [0.25, 0.3) is 0 Å². The van der Waals surface area contributed by atoms with E-state index in [0.717, 1.165) is 16.9 Å². The minimum atomic E-state index is -0.425. The summed E-state index contributed by atoms with van der Waals surface area (Å²) in [6.07, 6.45) is 0.715. The maximum atomic E-state index is 11.8. The van der Waals surface area contributed by atoms with Crippen LogP contribution in [0.4, 0.5) is 0 Å². The first-order valence-electron chi connectivity index (χ1n) is 9.10. The first kappa shape index (κ1) is 19.5. The van der Waals surface area contributed by atoms with Gasteiger partial charge in [-0.25, -0.2) is 0 Å². The molecule has 0 aromatic heterocycles. The summed E-state index contributed by atoms with van der Waals surface area (Å²) in [5.41, 5.74) is 1.99. The van der Waals surface area contributed by atoms with Gasteiger partial charge < -0.3 is 24.3 Å². The van der Waals surface area contributed by atoms with Crippen LogP contribution in [0.2, 0.25) is 0 Å². The monoisotopic (exact) mass is 385 g/mol. The van der Waals surface area contributed by atoms with Crippen molar-refractivity contribution in [3.05, 3.63) is 53.6 Å². The predicted octanol–water partition coefficient (Wildman–Crippen LogP) is 2.74. The number of carbonyl (C=O) groups excluding carboxylic acids is 2. The highest BCUT2D eigenvalue weighted by molar-refractivity contribution is 5.80. The number of rotatable bonds is 9. The molecule has 28 heavy (non-hydrogen) atoms. The number of benzene rings is 2. The third-order valence-electron chi connectivity index (χ3n) is 4.07. The summed E-state index contributed by atoms with van der Waals surface area (Å²) in [7, 11) is 0. The molecule has 1 aliphatic rings. The van der Waals surface area contributed by atoms with Crippen molar-refractivity contribution in [2.75, 3.05) is 20.0 Å². The van der Waals surface area contributed by atoms with Crippen molar-refractivity contribution in [2.24, 2.45) is 0 Å². The molecule has 7 nitrogen and oxygen atoms in total. The molecule has 1 aliphatic heterocycles. The minimum absolute atomic E-state index is 0.196. The summed E-state index contributed by atoms with van der Waals surface area (Å²) in [5, 5.41) is 2.70. The van der Waals surface area contributed by atoms with Gasteiger partial charge in [0.2, 0.25) is 6.79 Å². The number of aryl methyl sites for hydroxylation is 1. The molecule has 0 fully saturated rings. The predicted molar refractivity (Wildman–Crippen MR) is 101 cm³/mol. The number of carbonyl (C=O) groups is 2. The number of fused-ring (bicyclic) bond motifs is 1. The van der Waals surface area contributed by atoms with Crippen molar-refractivity contribution in [1.29, 1.82) is 0 Å². The largest absolute Gasteiger partial charge is 0.494 e. The van der Waals surface area contributed by atoms with Crippen molar-refractivity contribution >= 4 is 11.9 Å². The van der Waals surface area contributed by atoms with Crippen LogP contribution in [0.1, 0.15) is 24.0 Å². The van der Waals surface area contributed by atoms with E-state index in [1.54, 1.807) is 6.07 Å². The van der Waals surface area contributed by atoms with Gasteiger partial charge in [0.25, 0.3) is 5.91 Å². The Kier molecular flexibility index (Phi) is 6.73. The minimum Gasteiger partial charge on any atom is -0.494 e. The van der Waals surface area contributed by atoms with E-state index in [1.807, 2.05) is 43.3 Å². The topological polar surface area (TPSA) is 83.1 Å². The van der Waals surface area contributed by atoms with E-state index in [-0.39, 0.29) is 25.7 Å². The summed E-state index contributed by atoms with van der Waals surface area (Å²) in [6, 6.07) is 13.2. The molecule has 1 N–H and O–H groups in total. The molecule has 2 aromatic rings. The molecular weight excluding hydrogens is 362 g/mol. The molecule has 1 amide bonds. The van der Waals surface area contributed by atoms with Gasteiger partial charge >= 0.3 is 5.97 Å². The molecule has 0 atom stereocenters. The van der Waals surface area contributed by atoms with Crippen molar-refractivity contribution in [3.63, 3.8) is 0 Å². The highest BCUT2D eigenvalue weighted by atomic mass is 16.7. The van der Waals surface area contributed by atoms with Gasteiger partial charge in [-0.1, -0.05) is 18.2 Å². The summed E-state index contributed by atoms with van der Waals surface area (Å²) in [6.45, 7) is 2.62. The number of hydrogen-bond acceptors (Lipinski definition) is 6. The normalized spacial score (nSPS) is 11.8. The van der Waals surface area contributed by atoms with Crippen LogP contribution in [-0.4, -0.2) is 31.9 Å². The SMILES string of the molecule is Cc1cccc(OCCCC(=O)OCC(=O)NCc2ccc3c(c2)OCO3)c1. The molecule has 0 saturated carbocycles. The van der Waals surface area contributed by atoms with Crippen molar-refractivity contribution < 1.29 is 28.5 Å². The number of hydrogen-bond donors (Lipinski definition) is 1. The van der Waals surface area contributed by atoms with E-state index in [4.69, 9.17) is 18.9 Å². The van der Waals surface area contributed by atoms with E-state index in [2.05, 4.69) is 5.32 Å². The van der Waals surface area contributed by atoms with Gasteiger partial charge in [0, 0.05) is 13.0 Å². The Balaban J connectivity index is 1.28. The lowest BCUT2D eigenvalue weighted by molar-refractivity contribution is -0.148. The van der Waals surface area contributed by atoms with Crippen LogP contribution in [0, 0.1) is 6.92 Å². The second kappa shape index (κ2) is 9.64. The van der Waals surface area contributed by atoms with Crippen LogP contribution >= 0.6 is 0 Å². The maximum absolute atomic E-state index is 11.8. The van der Waals surface area contributed by atoms with Crippen molar-refractivity contribution in [1.82, 2.24) is 5.32 Å². The van der Waals surface area contributed by atoms with Gasteiger partial charge in [-0.3, -0.25) is 9.59 Å². The highest BCUT2D eigenvalue weighted by Crippen LogP contribution is 2.32. The second-order valence-electron chi connectivity index (χ2n) is 6.39. The fourth-order valence-electron chi connectivity index (χ4n) is 2.63. The fourth-order valence-corrected chi connectivity index (χ4v) is 2.63. The van der Waals surface area contributed by atoms with Gasteiger partial charge in [0.15, 0.2) is 18.1 Å². The zero-order chi connectivity index (χ0) is 19.8. The van der Waals surface area contributed by atoms with E-state index in [0.29, 0.717) is 31.1 Å². The van der Waals surface area contributed by atoms with Gasteiger partial charge in [-0.05, 0) is 48.7 Å². The Morgan fingerprint density at radius 2 is 1.96 bits per heavy atom. The number of esters is 1. The molecule has 0 aliphatic carbocycles. The summed E-state index contributed by atoms with van der Waals surface area (Å²) in [5.74, 6) is 1.34. The Bertz CT molecular complexity index is 835. The zero-order valence-electron chi connectivity index (χ0n) is 15.7. The molecule has 0 bridgehead atoms.